The molecule has 1 heterocycles. The van der Waals surface area contributed by atoms with Gasteiger partial charge in [0.15, 0.2) is 0 Å². The van der Waals surface area contributed by atoms with Gasteiger partial charge in [-0.25, -0.2) is 14.4 Å². The minimum absolute atomic E-state index is 0.269. The Hall–Kier alpha value is -3.28. The highest BCUT2D eigenvalue weighted by Gasteiger charge is 2.11. The van der Waals surface area contributed by atoms with Crippen LogP contribution < -0.4 is 10.6 Å². The first kappa shape index (κ1) is 20.5. The average molecular weight is 392 g/mol. The summed E-state index contributed by atoms with van der Waals surface area (Å²) in [4.78, 5) is 21.2. The molecule has 0 spiro atoms. The van der Waals surface area contributed by atoms with E-state index >= 15 is 0 Å². The monoisotopic (exact) mass is 392 g/mol. The van der Waals surface area contributed by atoms with E-state index in [0.29, 0.717) is 36.1 Å². The number of aryl methyl sites for hydroxylation is 1. The molecule has 1 aromatic heterocycles. The molecular formula is C23H25FN4O. The molecule has 0 radical (unpaired) electrons. The summed E-state index contributed by atoms with van der Waals surface area (Å²) in [5, 5.41) is 5.93. The van der Waals surface area contributed by atoms with Crippen LogP contribution in [0.25, 0.3) is 0 Å². The lowest BCUT2D eigenvalue weighted by Crippen LogP contribution is -2.27. The van der Waals surface area contributed by atoms with Gasteiger partial charge in [0.1, 0.15) is 11.5 Å². The number of benzene rings is 2. The summed E-state index contributed by atoms with van der Waals surface area (Å²) in [6.07, 6.45) is 0.412. The minimum atomic E-state index is -0.315. The molecule has 0 fully saturated rings. The van der Waals surface area contributed by atoms with Crippen molar-refractivity contribution in [2.75, 3.05) is 11.9 Å². The van der Waals surface area contributed by atoms with Crippen molar-refractivity contribution in [3.8, 4) is 0 Å². The van der Waals surface area contributed by atoms with Crippen LogP contribution in [0.15, 0.2) is 54.6 Å². The van der Waals surface area contributed by atoms with Gasteiger partial charge in [-0.2, -0.15) is 0 Å². The number of halogens is 1. The second-order valence-electron chi connectivity index (χ2n) is 7.22. The van der Waals surface area contributed by atoms with Crippen LogP contribution in [0.4, 0.5) is 16.0 Å². The number of hydrogen-bond donors (Lipinski definition) is 2. The van der Waals surface area contributed by atoms with Crippen molar-refractivity contribution < 1.29 is 9.18 Å². The molecular weight excluding hydrogens is 367 g/mol. The normalized spacial score (nSPS) is 10.8. The first-order chi connectivity index (χ1) is 13.9. The molecule has 6 heteroatoms. The first-order valence-electron chi connectivity index (χ1n) is 9.66. The molecule has 0 bridgehead atoms. The zero-order chi connectivity index (χ0) is 20.8. The standard InChI is InChI=1S/C23H25FN4O/c1-15(2)17-8-10-19(11-9-17)27-23-26-16(3)14-21(28-23)22(29)25-13-12-18-6-4-5-7-20(18)24/h4-11,14-15H,12-13H2,1-3H3,(H,25,29)(H,26,27,28). The van der Waals surface area contributed by atoms with Gasteiger partial charge in [0, 0.05) is 17.9 Å². The van der Waals surface area contributed by atoms with E-state index in [4.69, 9.17) is 0 Å². The van der Waals surface area contributed by atoms with Gasteiger partial charge >= 0.3 is 0 Å². The van der Waals surface area contributed by atoms with E-state index in [1.54, 1.807) is 24.3 Å². The van der Waals surface area contributed by atoms with E-state index in [1.165, 1.54) is 11.6 Å². The number of rotatable bonds is 7. The molecule has 0 unspecified atom stereocenters. The lowest BCUT2D eigenvalue weighted by molar-refractivity contribution is 0.0949. The molecule has 1 amide bonds. The minimum Gasteiger partial charge on any atom is -0.350 e. The molecule has 2 aromatic carbocycles. The summed E-state index contributed by atoms with van der Waals surface area (Å²) < 4.78 is 13.7. The van der Waals surface area contributed by atoms with E-state index in [2.05, 4.69) is 46.6 Å². The predicted molar refractivity (Wildman–Crippen MR) is 113 cm³/mol. The van der Waals surface area contributed by atoms with Gasteiger partial charge in [0.25, 0.3) is 5.91 Å². The molecule has 5 nitrogen and oxygen atoms in total. The van der Waals surface area contributed by atoms with Crippen molar-refractivity contribution in [3.63, 3.8) is 0 Å². The van der Waals surface area contributed by atoms with Crippen LogP contribution in [-0.2, 0) is 6.42 Å². The molecule has 0 saturated carbocycles. The average Bonchev–Trinajstić information content (AvgIpc) is 2.69. The van der Waals surface area contributed by atoms with E-state index in [0.717, 1.165) is 5.69 Å². The fourth-order valence-electron chi connectivity index (χ4n) is 2.92. The molecule has 0 aliphatic heterocycles. The Balaban J connectivity index is 1.64. The maximum absolute atomic E-state index is 13.7. The largest absolute Gasteiger partial charge is 0.350 e. The number of amides is 1. The highest BCUT2D eigenvalue weighted by Crippen LogP contribution is 2.19. The number of carbonyl (C=O) groups is 1. The molecule has 0 aliphatic carbocycles. The highest BCUT2D eigenvalue weighted by atomic mass is 19.1. The van der Waals surface area contributed by atoms with Gasteiger partial charge in [0.2, 0.25) is 5.95 Å². The number of hydrogen-bond acceptors (Lipinski definition) is 4. The van der Waals surface area contributed by atoms with Crippen molar-refractivity contribution in [2.45, 2.75) is 33.1 Å². The Bertz CT molecular complexity index is 986. The molecule has 0 atom stereocenters. The maximum atomic E-state index is 13.7. The summed E-state index contributed by atoms with van der Waals surface area (Å²) in [5.74, 6) is 0.236. The molecule has 3 rings (SSSR count). The molecule has 29 heavy (non-hydrogen) atoms. The van der Waals surface area contributed by atoms with Crippen molar-refractivity contribution >= 4 is 17.5 Å². The summed E-state index contributed by atoms with van der Waals surface area (Å²) in [7, 11) is 0. The highest BCUT2D eigenvalue weighted by molar-refractivity contribution is 5.92. The smallest absolute Gasteiger partial charge is 0.270 e. The van der Waals surface area contributed by atoms with Gasteiger partial charge in [-0.15, -0.1) is 0 Å². The summed E-state index contributed by atoms with van der Waals surface area (Å²) >= 11 is 0. The Kier molecular flexibility index (Phi) is 6.54. The number of aromatic nitrogens is 2. The Morgan fingerprint density at radius 3 is 2.48 bits per heavy atom. The summed E-state index contributed by atoms with van der Waals surface area (Å²) in [6, 6.07) is 16.2. The maximum Gasteiger partial charge on any atom is 0.270 e. The second-order valence-corrected chi connectivity index (χ2v) is 7.22. The van der Waals surface area contributed by atoms with Crippen LogP contribution in [0, 0.1) is 12.7 Å². The van der Waals surface area contributed by atoms with Crippen LogP contribution >= 0.6 is 0 Å². The van der Waals surface area contributed by atoms with E-state index < -0.39 is 0 Å². The fraction of sp³-hybridized carbons (Fsp3) is 0.261. The Morgan fingerprint density at radius 2 is 1.79 bits per heavy atom. The molecule has 3 aromatic rings. The predicted octanol–water partition coefficient (Wildman–Crippen LogP) is 4.76. The Morgan fingerprint density at radius 1 is 1.07 bits per heavy atom. The quantitative estimate of drug-likeness (QED) is 0.608. The lowest BCUT2D eigenvalue weighted by Gasteiger charge is -2.10. The van der Waals surface area contributed by atoms with Crippen molar-refractivity contribution in [1.29, 1.82) is 0 Å². The molecule has 0 saturated heterocycles. The van der Waals surface area contributed by atoms with E-state index in [-0.39, 0.29) is 17.4 Å². The van der Waals surface area contributed by atoms with Crippen LogP contribution in [0.5, 0.6) is 0 Å². The number of nitrogens with zero attached hydrogens (tertiary/aromatic N) is 2. The van der Waals surface area contributed by atoms with Gasteiger partial charge in [-0.1, -0.05) is 44.2 Å². The second kappa shape index (κ2) is 9.28. The van der Waals surface area contributed by atoms with Crippen LogP contribution in [0.3, 0.4) is 0 Å². The fourth-order valence-corrected chi connectivity index (χ4v) is 2.92. The molecule has 0 aliphatic rings. The third-order valence-electron chi connectivity index (χ3n) is 4.56. The van der Waals surface area contributed by atoms with Gasteiger partial charge < -0.3 is 10.6 Å². The van der Waals surface area contributed by atoms with Gasteiger partial charge in [-0.3, -0.25) is 4.79 Å². The van der Waals surface area contributed by atoms with Crippen LogP contribution in [-0.4, -0.2) is 22.4 Å². The molecule has 2 N–H and O–H groups in total. The zero-order valence-corrected chi connectivity index (χ0v) is 16.9. The summed E-state index contributed by atoms with van der Waals surface area (Å²) in [6.45, 7) is 6.42. The van der Waals surface area contributed by atoms with Gasteiger partial charge in [0.05, 0.1) is 0 Å². The van der Waals surface area contributed by atoms with Crippen molar-refractivity contribution in [3.05, 3.63) is 82.9 Å². The molecule has 150 valence electrons. The third kappa shape index (κ3) is 5.60. The third-order valence-corrected chi connectivity index (χ3v) is 4.56. The lowest BCUT2D eigenvalue weighted by atomic mass is 10.0. The topological polar surface area (TPSA) is 66.9 Å². The van der Waals surface area contributed by atoms with E-state index in [1.807, 2.05) is 19.1 Å². The van der Waals surface area contributed by atoms with Crippen LogP contribution in [0.2, 0.25) is 0 Å². The first-order valence-corrected chi connectivity index (χ1v) is 9.66. The summed E-state index contributed by atoms with van der Waals surface area (Å²) in [5.41, 5.74) is 3.62. The van der Waals surface area contributed by atoms with Crippen LogP contribution in [0.1, 0.15) is 47.1 Å². The SMILES string of the molecule is Cc1cc(C(=O)NCCc2ccccc2F)nc(Nc2ccc(C(C)C)cc2)n1. The van der Waals surface area contributed by atoms with E-state index in [9.17, 15) is 9.18 Å². The number of carbonyl (C=O) groups excluding carboxylic acids is 1. The van der Waals surface area contributed by atoms with Crippen molar-refractivity contribution in [2.24, 2.45) is 0 Å². The van der Waals surface area contributed by atoms with Crippen molar-refractivity contribution in [1.82, 2.24) is 15.3 Å². The Labute approximate surface area is 170 Å². The number of nitrogens with one attached hydrogen (secondary N) is 2. The van der Waals surface area contributed by atoms with Gasteiger partial charge in [-0.05, 0) is 54.7 Å². The zero-order valence-electron chi connectivity index (χ0n) is 16.9. The number of anilines is 2.